The molecule has 0 spiro atoms. The Morgan fingerprint density at radius 1 is 1.07 bits per heavy atom. The van der Waals surface area contributed by atoms with Crippen LogP contribution in [0, 0.1) is 0 Å². The average molecular weight is 449 g/mol. The minimum Gasteiger partial charge on any atom is -0.397 e. The molecular weight excluding hydrogens is 432 g/mol. The molecule has 29 heavy (non-hydrogen) atoms. The summed E-state index contributed by atoms with van der Waals surface area (Å²) < 4.78 is 2.38. The largest absolute Gasteiger partial charge is 0.397 e. The summed E-state index contributed by atoms with van der Waals surface area (Å²) in [5.74, 6) is -0.246. The molecule has 1 amide bonds. The number of amides is 1. The van der Waals surface area contributed by atoms with E-state index in [4.69, 9.17) is 5.73 Å². The van der Waals surface area contributed by atoms with Gasteiger partial charge in [-0.05, 0) is 48.0 Å². The van der Waals surface area contributed by atoms with Gasteiger partial charge in [0.2, 0.25) is 0 Å². The van der Waals surface area contributed by atoms with E-state index < -0.39 is 0 Å². The minimum atomic E-state index is -0.246. The van der Waals surface area contributed by atoms with Gasteiger partial charge in [0.1, 0.15) is 0 Å². The summed E-state index contributed by atoms with van der Waals surface area (Å²) in [6.45, 7) is 0.363. The van der Waals surface area contributed by atoms with Crippen LogP contribution in [0.5, 0.6) is 0 Å². The van der Waals surface area contributed by atoms with Gasteiger partial charge in [-0.15, -0.1) is 0 Å². The second-order valence-corrected chi connectivity index (χ2v) is 7.49. The second kappa shape index (κ2) is 7.89. The first kappa shape index (κ1) is 18.9. The summed E-state index contributed by atoms with van der Waals surface area (Å²) in [5.41, 5.74) is 8.88. The van der Waals surface area contributed by atoms with Crippen molar-refractivity contribution in [2.24, 2.45) is 0 Å². The summed E-state index contributed by atoms with van der Waals surface area (Å²) >= 11 is 3.39. The third kappa shape index (κ3) is 4.05. The molecule has 0 aliphatic rings. The standard InChI is InChI=1S/C22H17BrN4O2/c23-16-9-10-19-17(11-16)22(29)27(13-25-19)12-14-5-7-15(8-6-14)21(28)26-20-4-2-1-3-18(20)24/h1-11,13H,12,24H2,(H,26,28). The van der Waals surface area contributed by atoms with Crippen LogP contribution in [0.25, 0.3) is 10.9 Å². The van der Waals surface area contributed by atoms with Gasteiger partial charge in [-0.2, -0.15) is 0 Å². The van der Waals surface area contributed by atoms with Crippen LogP contribution in [0.1, 0.15) is 15.9 Å². The molecule has 144 valence electrons. The van der Waals surface area contributed by atoms with Crippen molar-refractivity contribution in [1.29, 1.82) is 0 Å². The van der Waals surface area contributed by atoms with Gasteiger partial charge in [-0.25, -0.2) is 4.98 Å². The second-order valence-electron chi connectivity index (χ2n) is 6.58. The molecule has 0 bridgehead atoms. The number of benzene rings is 3. The van der Waals surface area contributed by atoms with Crippen molar-refractivity contribution in [3.05, 3.63) is 99.0 Å². The van der Waals surface area contributed by atoms with E-state index in [-0.39, 0.29) is 11.5 Å². The van der Waals surface area contributed by atoms with Crippen LogP contribution in [-0.4, -0.2) is 15.5 Å². The predicted molar refractivity (Wildman–Crippen MR) is 118 cm³/mol. The lowest BCUT2D eigenvalue weighted by Crippen LogP contribution is -2.21. The SMILES string of the molecule is Nc1ccccc1NC(=O)c1ccc(Cn2cnc3ccc(Br)cc3c2=O)cc1. The Morgan fingerprint density at radius 2 is 1.83 bits per heavy atom. The lowest BCUT2D eigenvalue weighted by molar-refractivity contribution is 0.102. The minimum absolute atomic E-state index is 0.113. The topological polar surface area (TPSA) is 90.0 Å². The number of aromatic nitrogens is 2. The molecule has 4 aromatic rings. The Balaban J connectivity index is 1.53. The molecule has 4 rings (SSSR count). The molecule has 0 saturated carbocycles. The number of anilines is 2. The van der Waals surface area contributed by atoms with Crippen molar-refractivity contribution < 1.29 is 4.79 Å². The zero-order chi connectivity index (χ0) is 20.4. The van der Waals surface area contributed by atoms with Crippen LogP contribution in [0.15, 0.2) is 82.3 Å². The van der Waals surface area contributed by atoms with E-state index in [1.807, 2.05) is 30.3 Å². The molecule has 3 N–H and O–H groups in total. The van der Waals surface area contributed by atoms with E-state index in [1.165, 1.54) is 6.33 Å². The Labute approximate surface area is 175 Å². The van der Waals surface area contributed by atoms with Crippen molar-refractivity contribution in [3.8, 4) is 0 Å². The van der Waals surface area contributed by atoms with Gasteiger partial charge in [-0.1, -0.05) is 40.2 Å². The zero-order valence-electron chi connectivity index (χ0n) is 15.3. The lowest BCUT2D eigenvalue weighted by Gasteiger charge is -2.09. The molecule has 0 atom stereocenters. The number of halogens is 1. The highest BCUT2D eigenvalue weighted by Gasteiger charge is 2.09. The van der Waals surface area contributed by atoms with Crippen LogP contribution >= 0.6 is 15.9 Å². The van der Waals surface area contributed by atoms with E-state index in [0.717, 1.165) is 10.0 Å². The van der Waals surface area contributed by atoms with Crippen LogP contribution in [0.2, 0.25) is 0 Å². The Hall–Kier alpha value is -3.45. The summed E-state index contributed by atoms with van der Waals surface area (Å²) in [5, 5.41) is 3.35. The van der Waals surface area contributed by atoms with Gasteiger partial charge in [0.05, 0.1) is 35.1 Å². The first-order valence-electron chi connectivity index (χ1n) is 8.91. The van der Waals surface area contributed by atoms with Crippen LogP contribution in [0.4, 0.5) is 11.4 Å². The van der Waals surface area contributed by atoms with E-state index in [1.54, 1.807) is 41.0 Å². The number of hydrogen-bond acceptors (Lipinski definition) is 4. The molecule has 1 aromatic heterocycles. The summed E-state index contributed by atoms with van der Waals surface area (Å²) in [6.07, 6.45) is 1.54. The lowest BCUT2D eigenvalue weighted by atomic mass is 10.1. The molecule has 6 nitrogen and oxygen atoms in total. The summed E-state index contributed by atoms with van der Waals surface area (Å²) in [4.78, 5) is 29.5. The van der Waals surface area contributed by atoms with Gasteiger partial charge >= 0.3 is 0 Å². The van der Waals surface area contributed by atoms with Crippen molar-refractivity contribution in [1.82, 2.24) is 9.55 Å². The van der Waals surface area contributed by atoms with Crippen molar-refractivity contribution in [3.63, 3.8) is 0 Å². The maximum absolute atomic E-state index is 12.7. The quantitative estimate of drug-likeness (QED) is 0.460. The normalized spacial score (nSPS) is 10.8. The van der Waals surface area contributed by atoms with Gasteiger partial charge in [0.15, 0.2) is 0 Å². The third-order valence-electron chi connectivity index (χ3n) is 4.56. The maximum atomic E-state index is 12.7. The molecule has 0 radical (unpaired) electrons. The fraction of sp³-hybridized carbons (Fsp3) is 0.0455. The molecule has 3 aromatic carbocycles. The number of nitrogen functional groups attached to an aromatic ring is 1. The summed E-state index contributed by atoms with van der Waals surface area (Å²) in [7, 11) is 0. The first-order chi connectivity index (χ1) is 14.0. The number of nitrogens with zero attached hydrogens (tertiary/aromatic N) is 2. The van der Waals surface area contributed by atoms with E-state index in [2.05, 4.69) is 26.2 Å². The number of fused-ring (bicyclic) bond motifs is 1. The Bertz CT molecular complexity index is 1270. The number of carbonyl (C=O) groups is 1. The average Bonchev–Trinajstić information content (AvgIpc) is 2.72. The van der Waals surface area contributed by atoms with Crippen LogP contribution in [0.3, 0.4) is 0 Å². The number of nitrogens with two attached hydrogens (primary N) is 1. The van der Waals surface area contributed by atoms with Crippen LogP contribution < -0.4 is 16.6 Å². The van der Waals surface area contributed by atoms with E-state index in [9.17, 15) is 9.59 Å². The molecule has 0 saturated heterocycles. The highest BCUT2D eigenvalue weighted by atomic mass is 79.9. The molecule has 7 heteroatoms. The molecule has 1 heterocycles. The molecule has 0 unspecified atom stereocenters. The van der Waals surface area contributed by atoms with Gasteiger partial charge in [-0.3, -0.25) is 14.2 Å². The number of nitrogens with one attached hydrogen (secondary N) is 1. The highest BCUT2D eigenvalue weighted by Crippen LogP contribution is 2.18. The predicted octanol–water partition coefficient (Wildman–Crippen LogP) is 4.04. The summed E-state index contributed by atoms with van der Waals surface area (Å²) in [6, 6.07) is 19.6. The number of para-hydroxylation sites is 2. The van der Waals surface area contributed by atoms with Gasteiger partial charge < -0.3 is 11.1 Å². The number of hydrogen-bond donors (Lipinski definition) is 2. The Kier molecular flexibility index (Phi) is 5.14. The first-order valence-corrected chi connectivity index (χ1v) is 9.70. The maximum Gasteiger partial charge on any atom is 0.261 e. The van der Waals surface area contributed by atoms with Crippen molar-refractivity contribution in [2.75, 3.05) is 11.1 Å². The smallest absolute Gasteiger partial charge is 0.261 e. The number of carbonyl (C=O) groups excluding carboxylic acids is 1. The van der Waals surface area contributed by atoms with Crippen molar-refractivity contribution >= 4 is 44.1 Å². The third-order valence-corrected chi connectivity index (χ3v) is 5.06. The molecule has 0 fully saturated rings. The Morgan fingerprint density at radius 3 is 2.59 bits per heavy atom. The van der Waals surface area contributed by atoms with Crippen molar-refractivity contribution in [2.45, 2.75) is 6.54 Å². The fourth-order valence-electron chi connectivity index (χ4n) is 3.01. The van der Waals surface area contributed by atoms with Gasteiger partial charge in [0.25, 0.3) is 11.5 Å². The fourth-order valence-corrected chi connectivity index (χ4v) is 3.37. The molecule has 0 aliphatic heterocycles. The molecular formula is C22H17BrN4O2. The van der Waals surface area contributed by atoms with E-state index in [0.29, 0.717) is 34.4 Å². The zero-order valence-corrected chi connectivity index (χ0v) is 16.9. The van der Waals surface area contributed by atoms with Gasteiger partial charge in [0, 0.05) is 10.0 Å². The van der Waals surface area contributed by atoms with Crippen LogP contribution in [-0.2, 0) is 6.54 Å². The number of rotatable bonds is 4. The molecule has 0 aliphatic carbocycles. The van der Waals surface area contributed by atoms with E-state index >= 15 is 0 Å². The monoisotopic (exact) mass is 448 g/mol. The highest BCUT2D eigenvalue weighted by molar-refractivity contribution is 9.10.